The molecule has 1 heterocycles. The summed E-state index contributed by atoms with van der Waals surface area (Å²) in [6.45, 7) is 0. The van der Waals surface area contributed by atoms with Crippen LogP contribution < -0.4 is 5.56 Å². The average Bonchev–Trinajstić information content (AvgIpc) is 2.61. The number of nitrogens with one attached hydrogen (secondary N) is 1. The van der Waals surface area contributed by atoms with Crippen molar-refractivity contribution in [1.29, 1.82) is 0 Å². The van der Waals surface area contributed by atoms with Crippen molar-refractivity contribution in [3.63, 3.8) is 0 Å². The Morgan fingerprint density at radius 3 is 2.64 bits per heavy atom. The Kier molecular flexibility index (Phi) is 2.41. The first-order chi connectivity index (χ1) is 6.81. The summed E-state index contributed by atoms with van der Waals surface area (Å²) in [6, 6.07) is 9.48. The predicted molar refractivity (Wildman–Crippen MR) is 56.0 cm³/mol. The summed E-state index contributed by atoms with van der Waals surface area (Å²) in [7, 11) is 0. The maximum Gasteiger partial charge on any atom is 0.298 e. The maximum absolute atomic E-state index is 11.3. The molecule has 0 bridgehead atoms. The van der Waals surface area contributed by atoms with Gasteiger partial charge >= 0.3 is 0 Å². The first-order valence-electron chi connectivity index (χ1n) is 4.10. The van der Waals surface area contributed by atoms with Gasteiger partial charge in [-0.05, 0) is 18.4 Å². The summed E-state index contributed by atoms with van der Waals surface area (Å²) in [4.78, 5) is 12.8. The Balaban J connectivity index is 2.48. The lowest BCUT2D eigenvalue weighted by molar-refractivity contribution is 0.732. The molecule has 4 nitrogen and oxygen atoms in total. The number of thioether (sulfide) groups is 1. The van der Waals surface area contributed by atoms with Crippen molar-refractivity contribution < 1.29 is 0 Å². The SMILES string of the molecule is CSc1nn(-c2ccccc2)[nH]c1=O. The van der Waals surface area contributed by atoms with Gasteiger partial charge in [0.05, 0.1) is 5.69 Å². The first-order valence-corrected chi connectivity index (χ1v) is 5.32. The first kappa shape index (κ1) is 9.08. The molecule has 1 aromatic heterocycles. The van der Waals surface area contributed by atoms with E-state index in [2.05, 4.69) is 10.2 Å². The minimum atomic E-state index is -0.152. The van der Waals surface area contributed by atoms with Gasteiger partial charge in [-0.1, -0.05) is 18.2 Å². The fourth-order valence-electron chi connectivity index (χ4n) is 1.13. The molecule has 0 fully saturated rings. The van der Waals surface area contributed by atoms with E-state index in [-0.39, 0.29) is 5.56 Å². The van der Waals surface area contributed by atoms with E-state index in [0.29, 0.717) is 5.03 Å². The van der Waals surface area contributed by atoms with E-state index < -0.39 is 0 Å². The van der Waals surface area contributed by atoms with Crippen molar-refractivity contribution in [3.8, 4) is 5.69 Å². The minimum absolute atomic E-state index is 0.152. The summed E-state index contributed by atoms with van der Waals surface area (Å²) in [5, 5.41) is 7.23. The number of hydrogen-bond donors (Lipinski definition) is 1. The highest BCUT2D eigenvalue weighted by atomic mass is 32.2. The molecule has 72 valence electrons. The molecule has 2 aromatic rings. The van der Waals surface area contributed by atoms with Crippen LogP contribution in [0.25, 0.3) is 5.69 Å². The molecule has 1 N–H and O–H groups in total. The summed E-state index contributed by atoms with van der Waals surface area (Å²) < 4.78 is 0. The Labute approximate surface area is 84.9 Å². The predicted octanol–water partition coefficient (Wildman–Crippen LogP) is 1.28. The zero-order valence-corrected chi connectivity index (χ0v) is 8.41. The molecule has 0 aliphatic carbocycles. The maximum atomic E-state index is 11.3. The smallest absolute Gasteiger partial charge is 0.265 e. The van der Waals surface area contributed by atoms with Crippen LogP contribution in [0.4, 0.5) is 0 Å². The van der Waals surface area contributed by atoms with E-state index >= 15 is 0 Å². The van der Waals surface area contributed by atoms with Crippen LogP contribution in [-0.4, -0.2) is 21.2 Å². The molecular weight excluding hydrogens is 198 g/mol. The number of benzene rings is 1. The van der Waals surface area contributed by atoms with E-state index in [0.717, 1.165) is 5.69 Å². The van der Waals surface area contributed by atoms with Crippen LogP contribution in [0.5, 0.6) is 0 Å². The van der Waals surface area contributed by atoms with Crippen LogP contribution in [0.3, 0.4) is 0 Å². The fourth-order valence-corrected chi connectivity index (χ4v) is 1.52. The fraction of sp³-hybridized carbons (Fsp3) is 0.111. The van der Waals surface area contributed by atoms with Gasteiger partial charge in [0.25, 0.3) is 5.56 Å². The normalized spacial score (nSPS) is 10.4. The van der Waals surface area contributed by atoms with Crippen molar-refractivity contribution in [2.45, 2.75) is 5.03 Å². The zero-order valence-electron chi connectivity index (χ0n) is 7.60. The minimum Gasteiger partial charge on any atom is -0.265 e. The van der Waals surface area contributed by atoms with Crippen molar-refractivity contribution in [2.75, 3.05) is 6.26 Å². The third-order valence-electron chi connectivity index (χ3n) is 1.79. The molecule has 0 saturated heterocycles. The van der Waals surface area contributed by atoms with Gasteiger partial charge in [-0.3, -0.25) is 4.79 Å². The van der Waals surface area contributed by atoms with Crippen LogP contribution in [-0.2, 0) is 0 Å². The van der Waals surface area contributed by atoms with Gasteiger partial charge in [0.2, 0.25) is 0 Å². The number of rotatable bonds is 2. The van der Waals surface area contributed by atoms with Gasteiger partial charge in [-0.15, -0.1) is 16.9 Å². The lowest BCUT2D eigenvalue weighted by Crippen LogP contribution is -2.04. The highest BCUT2D eigenvalue weighted by Crippen LogP contribution is 2.07. The Hall–Kier alpha value is -1.49. The van der Waals surface area contributed by atoms with Gasteiger partial charge in [0, 0.05) is 0 Å². The molecule has 2 rings (SSSR count). The highest BCUT2D eigenvalue weighted by Gasteiger charge is 2.04. The Morgan fingerprint density at radius 1 is 1.36 bits per heavy atom. The molecule has 0 aliphatic heterocycles. The average molecular weight is 207 g/mol. The molecular formula is C9H9N3OS. The van der Waals surface area contributed by atoms with E-state index in [1.165, 1.54) is 16.6 Å². The van der Waals surface area contributed by atoms with Crippen molar-refractivity contribution in [3.05, 3.63) is 40.7 Å². The molecule has 0 aliphatic rings. The van der Waals surface area contributed by atoms with Gasteiger partial charge in [-0.25, -0.2) is 5.10 Å². The monoisotopic (exact) mass is 207 g/mol. The van der Waals surface area contributed by atoms with Crippen molar-refractivity contribution in [1.82, 2.24) is 15.0 Å². The standard InChI is InChI=1S/C9H9N3OS/c1-14-9-8(13)10-12(11-9)7-5-3-2-4-6-7/h2-6H,1H3,(H,10,13). The number of H-pyrrole nitrogens is 1. The molecule has 0 spiro atoms. The van der Waals surface area contributed by atoms with Crippen molar-refractivity contribution >= 4 is 11.8 Å². The van der Waals surface area contributed by atoms with Crippen molar-refractivity contribution in [2.24, 2.45) is 0 Å². The van der Waals surface area contributed by atoms with E-state index in [4.69, 9.17) is 0 Å². The second-order valence-electron chi connectivity index (χ2n) is 2.70. The lowest BCUT2D eigenvalue weighted by atomic mass is 10.3. The topological polar surface area (TPSA) is 50.7 Å². The van der Waals surface area contributed by atoms with E-state index in [1.807, 2.05) is 36.6 Å². The molecule has 0 amide bonds. The summed E-state index contributed by atoms with van der Waals surface area (Å²) in [5.74, 6) is 0. The second kappa shape index (κ2) is 3.71. The van der Waals surface area contributed by atoms with E-state index in [1.54, 1.807) is 0 Å². The summed E-state index contributed by atoms with van der Waals surface area (Å²) in [6.07, 6.45) is 1.83. The van der Waals surface area contributed by atoms with Crippen LogP contribution in [0.2, 0.25) is 0 Å². The number of hydrogen-bond acceptors (Lipinski definition) is 3. The number of para-hydroxylation sites is 1. The molecule has 0 unspecified atom stereocenters. The molecule has 0 atom stereocenters. The van der Waals surface area contributed by atoms with Gasteiger partial charge in [-0.2, -0.15) is 4.80 Å². The highest BCUT2D eigenvalue weighted by molar-refractivity contribution is 7.98. The Morgan fingerprint density at radius 2 is 2.07 bits per heavy atom. The molecule has 0 radical (unpaired) electrons. The quantitative estimate of drug-likeness (QED) is 0.755. The second-order valence-corrected chi connectivity index (χ2v) is 3.49. The zero-order chi connectivity index (χ0) is 9.97. The third kappa shape index (κ3) is 1.58. The molecule has 5 heteroatoms. The van der Waals surface area contributed by atoms with E-state index in [9.17, 15) is 4.79 Å². The van der Waals surface area contributed by atoms with Gasteiger partial charge in [0.15, 0.2) is 5.03 Å². The van der Waals surface area contributed by atoms with Crippen LogP contribution >= 0.6 is 11.8 Å². The third-order valence-corrected chi connectivity index (χ3v) is 2.44. The molecule has 0 saturated carbocycles. The molecule has 1 aromatic carbocycles. The lowest BCUT2D eigenvalue weighted by Gasteiger charge is -1.97. The van der Waals surface area contributed by atoms with Crippen LogP contribution in [0.15, 0.2) is 40.2 Å². The summed E-state index contributed by atoms with van der Waals surface area (Å²) >= 11 is 1.34. The van der Waals surface area contributed by atoms with Crippen LogP contribution in [0, 0.1) is 0 Å². The number of aromatic nitrogens is 3. The summed E-state index contributed by atoms with van der Waals surface area (Å²) in [5.41, 5.74) is 0.700. The number of aromatic amines is 1. The van der Waals surface area contributed by atoms with Crippen LogP contribution in [0.1, 0.15) is 0 Å². The van der Waals surface area contributed by atoms with Gasteiger partial charge in [0.1, 0.15) is 0 Å². The molecule has 14 heavy (non-hydrogen) atoms. The number of nitrogens with zero attached hydrogens (tertiary/aromatic N) is 2. The van der Waals surface area contributed by atoms with Gasteiger partial charge < -0.3 is 0 Å². The largest absolute Gasteiger partial charge is 0.298 e. The Bertz CT molecular complexity index is 474.